The van der Waals surface area contributed by atoms with Gasteiger partial charge in [0, 0.05) is 39.6 Å². The third-order valence-electron chi connectivity index (χ3n) is 4.47. The summed E-state index contributed by atoms with van der Waals surface area (Å²) in [7, 11) is -1.41. The van der Waals surface area contributed by atoms with E-state index in [1.54, 1.807) is 12.1 Å². The van der Waals surface area contributed by atoms with Crippen LogP contribution in [0.5, 0.6) is 0 Å². The van der Waals surface area contributed by atoms with Crippen LogP contribution in [0.3, 0.4) is 0 Å². The van der Waals surface area contributed by atoms with Crippen molar-refractivity contribution in [3.05, 3.63) is 0 Å². The maximum absolute atomic E-state index is 2.70. The van der Waals surface area contributed by atoms with Gasteiger partial charge in [-0.3, -0.25) is 0 Å². The quantitative estimate of drug-likeness (QED) is 0.682. The molecule has 0 aromatic carbocycles. The van der Waals surface area contributed by atoms with Crippen molar-refractivity contribution >= 4 is 39.6 Å². The number of rotatable bonds is 5. The van der Waals surface area contributed by atoms with E-state index in [0.29, 0.717) is 0 Å². The van der Waals surface area contributed by atoms with E-state index >= 15 is 0 Å². The highest BCUT2D eigenvalue weighted by Crippen LogP contribution is 2.40. The molecule has 0 aliphatic heterocycles. The van der Waals surface area contributed by atoms with Crippen LogP contribution in [0.15, 0.2) is 0 Å². The molecule has 0 aromatic heterocycles. The van der Waals surface area contributed by atoms with Gasteiger partial charge in [-0.05, 0) is 0 Å². The highest BCUT2D eigenvalue weighted by atomic mass is 29.9. The smallest absolute Gasteiger partial charge is 0.0371 e. The molecule has 0 amide bonds. The Morgan fingerprint density at radius 1 is 0.625 bits per heavy atom. The van der Waals surface area contributed by atoms with Gasteiger partial charge in [0.1, 0.15) is 0 Å². The van der Waals surface area contributed by atoms with E-state index in [2.05, 4.69) is 58.9 Å². The molecule has 0 radical (unpaired) electrons. The lowest BCUT2D eigenvalue weighted by molar-refractivity contribution is 1.40. The van der Waals surface area contributed by atoms with Gasteiger partial charge in [0.15, 0.2) is 0 Å². The molecule has 0 N–H and O–H groups in total. The van der Waals surface area contributed by atoms with Gasteiger partial charge in [-0.1, -0.05) is 71.0 Å². The van der Waals surface area contributed by atoms with E-state index in [0.717, 1.165) is 0 Å². The van der Waals surface area contributed by atoms with Crippen LogP contribution in [0, 0.1) is 0 Å². The molecule has 16 heavy (non-hydrogen) atoms. The standard InChI is InChI=1S/C11H34Si5/c1-13(2,3)16(11-10-12,14(4,5)6)15(7,8)9/h10-11H2,1-9,12H3. The zero-order valence-electron chi connectivity index (χ0n) is 13.4. The van der Waals surface area contributed by atoms with Crippen molar-refractivity contribution in [1.82, 2.24) is 0 Å². The summed E-state index contributed by atoms with van der Waals surface area (Å²) < 4.78 is 0. The van der Waals surface area contributed by atoms with Gasteiger partial charge in [-0.15, -0.1) is 0 Å². The Labute approximate surface area is 110 Å². The summed E-state index contributed by atoms with van der Waals surface area (Å²) in [5.74, 6) is 0. The topological polar surface area (TPSA) is 0 Å². The zero-order chi connectivity index (χ0) is 13.4. The molecule has 5 heteroatoms. The Balaban J connectivity index is 5.82. The van der Waals surface area contributed by atoms with Gasteiger partial charge in [0.2, 0.25) is 0 Å². The van der Waals surface area contributed by atoms with Crippen LogP contribution in [0.1, 0.15) is 0 Å². The Kier molecular flexibility index (Phi) is 5.33. The maximum atomic E-state index is 2.70. The fourth-order valence-electron chi connectivity index (χ4n) is 4.88. The Morgan fingerprint density at radius 3 is 0.938 bits per heavy atom. The van der Waals surface area contributed by atoms with E-state index in [1.165, 1.54) is 10.2 Å². The molecule has 0 unspecified atom stereocenters. The SMILES string of the molecule is C[Si](C)(C)[Si](CC[SiH3])([Si](C)(C)C)[Si](C)(C)C. The van der Waals surface area contributed by atoms with Crippen molar-refractivity contribution in [1.29, 1.82) is 0 Å². The molecule has 0 fully saturated rings. The molecule has 0 heterocycles. The first-order chi connectivity index (χ1) is 6.81. The summed E-state index contributed by atoms with van der Waals surface area (Å²) in [4.78, 5) is 0. The van der Waals surface area contributed by atoms with Crippen LogP contribution in [0.25, 0.3) is 0 Å². The zero-order valence-corrected chi connectivity index (χ0v) is 19.4. The molecule has 98 valence electrons. The molecule has 0 saturated heterocycles. The minimum absolute atomic E-state index is 0.944. The Hall–Kier alpha value is 1.08. The lowest BCUT2D eigenvalue weighted by Crippen LogP contribution is -2.82. The lowest BCUT2D eigenvalue weighted by atomic mass is 11.0. The summed E-state index contributed by atoms with van der Waals surface area (Å²) in [6, 6.07) is 3.27. The van der Waals surface area contributed by atoms with Crippen LogP contribution in [0.4, 0.5) is 0 Å². The summed E-state index contributed by atoms with van der Waals surface area (Å²) in [5, 5.41) is 0. The van der Waals surface area contributed by atoms with E-state index in [-0.39, 0.29) is 0 Å². The second kappa shape index (κ2) is 4.99. The maximum Gasteiger partial charge on any atom is 0.0371 e. The highest BCUT2D eigenvalue weighted by molar-refractivity contribution is 7.89. The van der Waals surface area contributed by atoms with Crippen molar-refractivity contribution in [2.75, 3.05) is 0 Å². The van der Waals surface area contributed by atoms with Gasteiger partial charge in [0.05, 0.1) is 0 Å². The lowest BCUT2D eigenvalue weighted by Gasteiger charge is -2.57. The third-order valence-corrected chi connectivity index (χ3v) is 80.7. The minimum atomic E-state index is -0.949. The molecular weight excluding hydrogens is 273 g/mol. The Bertz CT molecular complexity index is 192. The third kappa shape index (κ3) is 2.91. The molecule has 0 saturated carbocycles. The van der Waals surface area contributed by atoms with Gasteiger partial charge in [0.25, 0.3) is 0 Å². The average Bonchev–Trinajstić information content (AvgIpc) is 1.91. The van der Waals surface area contributed by atoms with Crippen LogP contribution >= 0.6 is 0 Å². The van der Waals surface area contributed by atoms with Gasteiger partial charge in [-0.2, -0.15) is 0 Å². The summed E-state index contributed by atoms with van der Waals surface area (Å²) in [5.41, 5.74) is 0. The molecule has 0 aliphatic rings. The fraction of sp³-hybridized carbons (Fsp3) is 1.00. The summed E-state index contributed by atoms with van der Waals surface area (Å²) in [6.45, 7) is 23.4. The van der Waals surface area contributed by atoms with Crippen LogP contribution < -0.4 is 0 Å². The predicted molar refractivity (Wildman–Crippen MR) is 95.3 cm³/mol. The van der Waals surface area contributed by atoms with Crippen LogP contribution in [0.2, 0.25) is 71.0 Å². The number of hydrogen-bond acceptors (Lipinski definition) is 0. The average molecular weight is 307 g/mol. The van der Waals surface area contributed by atoms with Crippen molar-refractivity contribution in [2.24, 2.45) is 0 Å². The van der Waals surface area contributed by atoms with Gasteiger partial charge >= 0.3 is 0 Å². The monoisotopic (exact) mass is 306 g/mol. The van der Waals surface area contributed by atoms with Crippen molar-refractivity contribution in [2.45, 2.75) is 71.0 Å². The Morgan fingerprint density at radius 2 is 0.875 bits per heavy atom. The minimum Gasteiger partial charge on any atom is -0.0718 e. The van der Waals surface area contributed by atoms with E-state index in [4.69, 9.17) is 0 Å². The molecule has 0 spiro atoms. The molecule has 0 aliphatic carbocycles. The first kappa shape index (κ1) is 17.1. The van der Waals surface area contributed by atoms with E-state index in [9.17, 15) is 0 Å². The van der Waals surface area contributed by atoms with E-state index < -0.39 is 29.4 Å². The summed E-state index contributed by atoms with van der Waals surface area (Å²) in [6.07, 6.45) is 0. The molecule has 0 atom stereocenters. The van der Waals surface area contributed by atoms with Crippen molar-refractivity contribution in [3.8, 4) is 0 Å². The first-order valence-electron chi connectivity index (χ1n) is 6.81. The molecular formula is C11H34Si5. The second-order valence-electron chi connectivity index (χ2n) is 8.41. The van der Waals surface area contributed by atoms with Gasteiger partial charge < -0.3 is 0 Å². The molecule has 0 rings (SSSR count). The van der Waals surface area contributed by atoms with Crippen molar-refractivity contribution < 1.29 is 0 Å². The van der Waals surface area contributed by atoms with E-state index in [1.807, 2.05) is 0 Å². The van der Waals surface area contributed by atoms with Crippen molar-refractivity contribution in [3.63, 3.8) is 0 Å². The molecule has 0 nitrogen and oxygen atoms in total. The molecule has 0 bridgehead atoms. The normalized spacial score (nSPS) is 15.6. The predicted octanol–water partition coefficient (Wildman–Crippen LogP) is 3.47. The van der Waals surface area contributed by atoms with Crippen LogP contribution in [-0.2, 0) is 0 Å². The van der Waals surface area contributed by atoms with Crippen LogP contribution in [-0.4, -0.2) is 39.6 Å². The molecule has 0 aromatic rings. The number of hydrogen-bond donors (Lipinski definition) is 0. The summed E-state index contributed by atoms with van der Waals surface area (Å²) >= 11 is 0. The first-order valence-corrected chi connectivity index (χ1v) is 23.9. The highest BCUT2D eigenvalue weighted by Gasteiger charge is 2.60. The second-order valence-corrected chi connectivity index (χ2v) is 50.9. The largest absolute Gasteiger partial charge is 0.0718 e. The fourth-order valence-corrected chi connectivity index (χ4v) is 111. The van der Waals surface area contributed by atoms with Gasteiger partial charge in [-0.25, -0.2) is 0 Å².